The highest BCUT2D eigenvalue weighted by Crippen LogP contribution is 2.29. The zero-order valence-electron chi connectivity index (χ0n) is 15.6. The lowest BCUT2D eigenvalue weighted by Crippen LogP contribution is -2.30. The molecule has 0 fully saturated rings. The van der Waals surface area contributed by atoms with E-state index in [-0.39, 0.29) is 5.91 Å². The van der Waals surface area contributed by atoms with E-state index in [4.69, 9.17) is 27.9 Å². The second kappa shape index (κ2) is 8.06. The average Bonchev–Trinajstić information content (AvgIpc) is 3.27. The summed E-state index contributed by atoms with van der Waals surface area (Å²) in [4.78, 5) is 18.0. The van der Waals surface area contributed by atoms with Gasteiger partial charge in [-0.05, 0) is 44.2 Å². The van der Waals surface area contributed by atoms with Crippen molar-refractivity contribution in [3.63, 3.8) is 0 Å². The summed E-state index contributed by atoms with van der Waals surface area (Å²) in [6.45, 7) is 3.71. The summed E-state index contributed by atoms with van der Waals surface area (Å²) in [5.41, 5.74) is 3.71. The molecule has 0 saturated heterocycles. The van der Waals surface area contributed by atoms with Crippen LogP contribution in [-0.2, 0) is 4.79 Å². The number of imidazole rings is 1. The van der Waals surface area contributed by atoms with Crippen molar-refractivity contribution in [3.05, 3.63) is 69.8 Å². The summed E-state index contributed by atoms with van der Waals surface area (Å²) in [6.07, 6.45) is 1.29. The Kier molecular flexibility index (Phi) is 5.50. The smallest absolute Gasteiger partial charge is 0.265 e. The van der Waals surface area contributed by atoms with Crippen molar-refractivity contribution in [2.75, 3.05) is 5.32 Å². The van der Waals surface area contributed by atoms with E-state index < -0.39 is 6.10 Å². The number of rotatable bonds is 5. The van der Waals surface area contributed by atoms with E-state index in [2.05, 4.69) is 20.1 Å². The molecule has 1 atom stereocenters. The van der Waals surface area contributed by atoms with E-state index in [1.54, 1.807) is 36.5 Å². The van der Waals surface area contributed by atoms with Crippen LogP contribution >= 0.6 is 34.5 Å². The Bertz CT molecular complexity index is 1180. The molecule has 4 rings (SSSR count). The molecular formula is C21H17Cl2N3O2S. The molecule has 0 radical (unpaired) electrons. The SMILES string of the molecule is Cc1csc2nc(-c3ccc(NC(=O)C(C)Oc4ccc(Cl)cc4Cl)cc3)cn12. The highest BCUT2D eigenvalue weighted by Gasteiger charge is 2.17. The van der Waals surface area contributed by atoms with Crippen LogP contribution in [0, 0.1) is 6.92 Å². The molecule has 2 aromatic carbocycles. The number of nitrogens with zero attached hydrogens (tertiary/aromatic N) is 2. The normalized spacial score (nSPS) is 12.1. The van der Waals surface area contributed by atoms with Crippen LogP contribution in [0.15, 0.2) is 54.0 Å². The van der Waals surface area contributed by atoms with E-state index in [0.29, 0.717) is 21.5 Å². The van der Waals surface area contributed by atoms with Gasteiger partial charge in [0.15, 0.2) is 11.1 Å². The molecule has 29 heavy (non-hydrogen) atoms. The molecule has 0 aliphatic carbocycles. The van der Waals surface area contributed by atoms with Crippen molar-refractivity contribution < 1.29 is 9.53 Å². The van der Waals surface area contributed by atoms with Crippen molar-refractivity contribution in [3.8, 4) is 17.0 Å². The summed E-state index contributed by atoms with van der Waals surface area (Å²) in [5, 5.41) is 5.78. The molecule has 0 aliphatic rings. The minimum atomic E-state index is -0.726. The second-order valence-corrected chi connectivity index (χ2v) is 8.24. The van der Waals surface area contributed by atoms with Crippen molar-refractivity contribution in [2.45, 2.75) is 20.0 Å². The monoisotopic (exact) mass is 445 g/mol. The molecule has 1 amide bonds. The predicted octanol–water partition coefficient (Wildman–Crippen LogP) is 6.08. The number of anilines is 1. The Morgan fingerprint density at radius 1 is 1.21 bits per heavy atom. The van der Waals surface area contributed by atoms with E-state index in [1.165, 1.54) is 0 Å². The van der Waals surface area contributed by atoms with E-state index in [0.717, 1.165) is 21.9 Å². The molecule has 1 unspecified atom stereocenters. The van der Waals surface area contributed by atoms with Crippen molar-refractivity contribution in [1.29, 1.82) is 0 Å². The summed E-state index contributed by atoms with van der Waals surface area (Å²) >= 11 is 13.6. The Balaban J connectivity index is 1.43. The van der Waals surface area contributed by atoms with Gasteiger partial charge in [-0.25, -0.2) is 4.98 Å². The van der Waals surface area contributed by atoms with Crippen LogP contribution in [0.25, 0.3) is 16.2 Å². The molecule has 4 aromatic rings. The topological polar surface area (TPSA) is 55.6 Å². The first-order valence-corrected chi connectivity index (χ1v) is 10.5. The van der Waals surface area contributed by atoms with Gasteiger partial charge < -0.3 is 10.1 Å². The number of aromatic nitrogens is 2. The van der Waals surface area contributed by atoms with E-state index >= 15 is 0 Å². The maximum absolute atomic E-state index is 12.5. The number of nitrogens with one attached hydrogen (secondary N) is 1. The number of hydrogen-bond donors (Lipinski definition) is 1. The van der Waals surface area contributed by atoms with Gasteiger partial charge in [0.2, 0.25) is 0 Å². The van der Waals surface area contributed by atoms with Crippen LogP contribution in [0.1, 0.15) is 12.6 Å². The van der Waals surface area contributed by atoms with E-state index in [9.17, 15) is 4.79 Å². The number of carbonyl (C=O) groups excluding carboxylic acids is 1. The largest absolute Gasteiger partial charge is 0.479 e. The number of carbonyl (C=O) groups is 1. The third-order valence-corrected chi connectivity index (χ3v) is 5.89. The first-order valence-electron chi connectivity index (χ1n) is 8.87. The van der Waals surface area contributed by atoms with Crippen LogP contribution in [0.5, 0.6) is 5.75 Å². The van der Waals surface area contributed by atoms with Crippen LogP contribution < -0.4 is 10.1 Å². The lowest BCUT2D eigenvalue weighted by atomic mass is 10.1. The fourth-order valence-electron chi connectivity index (χ4n) is 2.82. The van der Waals surface area contributed by atoms with Gasteiger partial charge in [0.25, 0.3) is 5.91 Å². The zero-order valence-corrected chi connectivity index (χ0v) is 18.0. The van der Waals surface area contributed by atoms with Crippen LogP contribution in [-0.4, -0.2) is 21.4 Å². The second-order valence-electron chi connectivity index (χ2n) is 6.56. The summed E-state index contributed by atoms with van der Waals surface area (Å²) in [6, 6.07) is 12.4. The zero-order chi connectivity index (χ0) is 20.5. The van der Waals surface area contributed by atoms with Gasteiger partial charge in [-0.3, -0.25) is 9.20 Å². The minimum Gasteiger partial charge on any atom is -0.479 e. The van der Waals surface area contributed by atoms with Gasteiger partial charge in [-0.2, -0.15) is 0 Å². The molecule has 0 aliphatic heterocycles. The average molecular weight is 446 g/mol. The quantitative estimate of drug-likeness (QED) is 0.404. The van der Waals surface area contributed by atoms with Crippen molar-refractivity contribution >= 4 is 51.1 Å². The van der Waals surface area contributed by atoms with Crippen LogP contribution in [0.3, 0.4) is 0 Å². The Labute approximate surface area is 181 Å². The van der Waals surface area contributed by atoms with Crippen molar-refractivity contribution in [2.24, 2.45) is 0 Å². The predicted molar refractivity (Wildman–Crippen MR) is 118 cm³/mol. The number of amides is 1. The number of ether oxygens (including phenoxy) is 1. The maximum Gasteiger partial charge on any atom is 0.265 e. The molecule has 0 saturated carbocycles. The fourth-order valence-corrected chi connectivity index (χ4v) is 4.12. The number of benzene rings is 2. The number of fused-ring (bicyclic) bond motifs is 1. The first-order chi connectivity index (χ1) is 13.9. The highest BCUT2D eigenvalue weighted by molar-refractivity contribution is 7.15. The lowest BCUT2D eigenvalue weighted by Gasteiger charge is -2.16. The lowest BCUT2D eigenvalue weighted by molar-refractivity contribution is -0.122. The molecule has 0 spiro atoms. The summed E-state index contributed by atoms with van der Waals surface area (Å²) in [5.74, 6) is 0.131. The number of halogens is 2. The maximum atomic E-state index is 12.5. The standard InChI is InChI=1S/C21H17Cl2N3O2S/c1-12-11-29-21-25-18(10-26(12)21)14-3-6-16(7-4-14)24-20(27)13(2)28-19-8-5-15(22)9-17(19)23/h3-11,13H,1-2H3,(H,24,27). The molecular weight excluding hydrogens is 429 g/mol. The Morgan fingerprint density at radius 3 is 2.66 bits per heavy atom. The molecule has 8 heteroatoms. The van der Waals surface area contributed by atoms with Gasteiger partial charge in [0.05, 0.1) is 10.7 Å². The van der Waals surface area contributed by atoms with Crippen molar-refractivity contribution in [1.82, 2.24) is 9.38 Å². The van der Waals surface area contributed by atoms with Gasteiger partial charge >= 0.3 is 0 Å². The minimum absolute atomic E-state index is 0.276. The van der Waals surface area contributed by atoms with Crippen LogP contribution in [0.4, 0.5) is 5.69 Å². The number of aryl methyl sites for hydroxylation is 1. The molecule has 5 nitrogen and oxygen atoms in total. The van der Waals surface area contributed by atoms with Gasteiger partial charge in [-0.1, -0.05) is 35.3 Å². The number of hydrogen-bond acceptors (Lipinski definition) is 4. The molecule has 148 valence electrons. The highest BCUT2D eigenvalue weighted by atomic mass is 35.5. The third kappa shape index (κ3) is 4.24. The van der Waals surface area contributed by atoms with Gasteiger partial charge in [-0.15, -0.1) is 11.3 Å². The molecule has 2 heterocycles. The van der Waals surface area contributed by atoms with Gasteiger partial charge in [0, 0.05) is 33.5 Å². The fraction of sp³-hybridized carbons (Fsp3) is 0.143. The third-order valence-electron chi connectivity index (χ3n) is 4.40. The van der Waals surface area contributed by atoms with E-state index in [1.807, 2.05) is 37.4 Å². The first kappa shape index (κ1) is 19.8. The Morgan fingerprint density at radius 2 is 1.97 bits per heavy atom. The number of thiazole rings is 1. The molecule has 0 bridgehead atoms. The van der Waals surface area contributed by atoms with Gasteiger partial charge in [0.1, 0.15) is 5.75 Å². The molecule has 2 aromatic heterocycles. The summed E-state index contributed by atoms with van der Waals surface area (Å²) < 4.78 is 7.72. The molecule has 1 N–H and O–H groups in total. The summed E-state index contributed by atoms with van der Waals surface area (Å²) in [7, 11) is 0. The Hall–Kier alpha value is -2.54. The van der Waals surface area contributed by atoms with Crippen LogP contribution in [0.2, 0.25) is 10.0 Å².